The third-order valence-electron chi connectivity index (χ3n) is 2.06. The Morgan fingerprint density at radius 3 is 2.94 bits per heavy atom. The van der Waals surface area contributed by atoms with Crippen molar-refractivity contribution >= 4 is 39.3 Å². The van der Waals surface area contributed by atoms with Gasteiger partial charge in [0.2, 0.25) is 16.0 Å². The van der Waals surface area contributed by atoms with Crippen molar-refractivity contribution in [3.8, 4) is 0 Å². The number of halogens is 1. The van der Waals surface area contributed by atoms with Gasteiger partial charge in [-0.1, -0.05) is 23.4 Å². The number of nitrogens with one attached hydrogen (secondary N) is 2. The predicted molar refractivity (Wildman–Crippen MR) is 66.9 cm³/mol. The molecule has 2 unspecified atom stereocenters. The van der Waals surface area contributed by atoms with Crippen molar-refractivity contribution in [2.45, 2.75) is 30.5 Å². The number of rotatable bonds is 1. The van der Waals surface area contributed by atoms with Crippen LogP contribution in [0.3, 0.4) is 0 Å². The summed E-state index contributed by atoms with van der Waals surface area (Å²) < 4.78 is 26.0. The number of fused-ring (bicyclic) bond motifs is 1. The largest absolute Gasteiger partial charge is 0.353 e. The number of thioether (sulfide) groups is 1. The minimum absolute atomic E-state index is 0.117. The molecule has 0 spiro atoms. The molecule has 0 fully saturated rings. The minimum Gasteiger partial charge on any atom is -0.353 e. The summed E-state index contributed by atoms with van der Waals surface area (Å²) >= 11 is 6.93. The maximum atomic E-state index is 11.9. The molecule has 2 aliphatic heterocycles. The van der Waals surface area contributed by atoms with Crippen LogP contribution in [-0.4, -0.2) is 31.0 Å². The average Bonchev–Trinajstić information content (AvgIpc) is 2.44. The fraction of sp³-hybridized carbons (Fsp3) is 0.625. The summed E-state index contributed by atoms with van der Waals surface area (Å²) in [7, 11) is -3.40. The number of sulfonamides is 1. The number of hydrogen-bond acceptors (Lipinski definition) is 5. The summed E-state index contributed by atoms with van der Waals surface area (Å²) in [6.45, 7) is 3.82. The van der Waals surface area contributed by atoms with Gasteiger partial charge in [-0.15, -0.1) is 0 Å². The third-order valence-corrected chi connectivity index (χ3v) is 5.74. The first kappa shape index (κ1) is 12.1. The number of aliphatic imine (C=N–C) groups is 1. The molecule has 2 rings (SSSR count). The molecule has 5 nitrogen and oxygen atoms in total. The summed E-state index contributed by atoms with van der Waals surface area (Å²) in [5, 5.41) is 2.94. The quantitative estimate of drug-likeness (QED) is 0.746. The number of hydrogen-bond donors (Lipinski definition) is 2. The normalized spacial score (nSPS) is 31.5. The van der Waals surface area contributed by atoms with Crippen molar-refractivity contribution in [2.75, 3.05) is 0 Å². The monoisotopic (exact) mass is 281 g/mol. The molecule has 0 aromatic rings. The van der Waals surface area contributed by atoms with E-state index >= 15 is 0 Å². The molecule has 0 aromatic carbocycles. The van der Waals surface area contributed by atoms with E-state index in [1.54, 1.807) is 6.08 Å². The molecular weight excluding hydrogens is 270 g/mol. The van der Waals surface area contributed by atoms with Crippen LogP contribution in [0.15, 0.2) is 15.4 Å². The summed E-state index contributed by atoms with van der Waals surface area (Å²) in [5.74, 6) is 0.291. The SMILES string of the molecule is CC(C)NC1=NC2C=C(Cl)SC2S(=O)(=O)N1. The van der Waals surface area contributed by atoms with E-state index in [-0.39, 0.29) is 6.04 Å². The molecule has 90 valence electrons. The molecule has 8 heteroatoms. The highest BCUT2D eigenvalue weighted by atomic mass is 35.5. The highest BCUT2D eigenvalue weighted by molar-refractivity contribution is 8.16. The molecule has 0 aliphatic carbocycles. The van der Waals surface area contributed by atoms with E-state index in [1.165, 1.54) is 0 Å². The lowest BCUT2D eigenvalue weighted by Crippen LogP contribution is -2.52. The van der Waals surface area contributed by atoms with Gasteiger partial charge in [-0.25, -0.2) is 13.4 Å². The Hall–Kier alpha value is -0.400. The number of guanidine groups is 1. The third kappa shape index (κ3) is 2.31. The number of nitrogens with zero attached hydrogens (tertiary/aromatic N) is 1. The van der Waals surface area contributed by atoms with Gasteiger partial charge in [-0.3, -0.25) is 4.72 Å². The Kier molecular flexibility index (Phi) is 3.11. The van der Waals surface area contributed by atoms with Gasteiger partial charge in [0.05, 0.1) is 4.36 Å². The maximum absolute atomic E-state index is 11.9. The van der Waals surface area contributed by atoms with Gasteiger partial charge < -0.3 is 5.32 Å². The van der Waals surface area contributed by atoms with Crippen molar-refractivity contribution in [2.24, 2.45) is 4.99 Å². The van der Waals surface area contributed by atoms with Gasteiger partial charge in [-0.05, 0) is 19.9 Å². The molecule has 0 saturated carbocycles. The Morgan fingerprint density at radius 2 is 2.31 bits per heavy atom. The molecule has 0 saturated heterocycles. The van der Waals surface area contributed by atoms with Crippen LogP contribution in [0.25, 0.3) is 0 Å². The molecule has 16 heavy (non-hydrogen) atoms. The van der Waals surface area contributed by atoms with Crippen molar-refractivity contribution < 1.29 is 8.42 Å². The Morgan fingerprint density at radius 1 is 1.62 bits per heavy atom. The second-order valence-electron chi connectivity index (χ2n) is 3.87. The summed E-state index contributed by atoms with van der Waals surface area (Å²) in [4.78, 5) is 4.26. The van der Waals surface area contributed by atoms with Crippen LogP contribution < -0.4 is 10.0 Å². The zero-order chi connectivity index (χ0) is 11.9. The maximum Gasteiger partial charge on any atom is 0.250 e. The van der Waals surface area contributed by atoms with Crippen molar-refractivity contribution in [3.05, 3.63) is 10.4 Å². The van der Waals surface area contributed by atoms with Crippen LogP contribution in [0, 0.1) is 0 Å². The van der Waals surface area contributed by atoms with Crippen molar-refractivity contribution in [1.82, 2.24) is 10.0 Å². The highest BCUT2D eigenvalue weighted by Gasteiger charge is 2.42. The van der Waals surface area contributed by atoms with E-state index in [4.69, 9.17) is 11.6 Å². The van der Waals surface area contributed by atoms with Crippen LogP contribution >= 0.6 is 23.4 Å². The lowest BCUT2D eigenvalue weighted by Gasteiger charge is -2.25. The van der Waals surface area contributed by atoms with Gasteiger partial charge in [0, 0.05) is 6.04 Å². The average molecular weight is 282 g/mol. The fourth-order valence-corrected chi connectivity index (χ4v) is 4.75. The molecule has 0 bridgehead atoms. The van der Waals surface area contributed by atoms with Gasteiger partial charge in [0.15, 0.2) is 4.58 Å². The van der Waals surface area contributed by atoms with Crippen LogP contribution in [0.1, 0.15) is 13.8 Å². The molecule has 0 aromatic heterocycles. The van der Waals surface area contributed by atoms with Crippen LogP contribution in [0.2, 0.25) is 0 Å². The van der Waals surface area contributed by atoms with Crippen molar-refractivity contribution in [3.63, 3.8) is 0 Å². The van der Waals surface area contributed by atoms with Gasteiger partial charge in [-0.2, -0.15) is 0 Å². The van der Waals surface area contributed by atoms with Gasteiger partial charge >= 0.3 is 0 Å². The Bertz CT molecular complexity index is 458. The molecule has 0 amide bonds. The first-order valence-corrected chi connectivity index (χ1v) is 7.59. The zero-order valence-electron chi connectivity index (χ0n) is 8.77. The topological polar surface area (TPSA) is 70.6 Å². The molecule has 2 aliphatic rings. The van der Waals surface area contributed by atoms with E-state index in [0.717, 1.165) is 11.8 Å². The fourth-order valence-electron chi connectivity index (χ4n) is 1.49. The van der Waals surface area contributed by atoms with E-state index < -0.39 is 20.6 Å². The molecule has 2 heterocycles. The van der Waals surface area contributed by atoms with Gasteiger partial charge in [0.1, 0.15) is 6.04 Å². The summed E-state index contributed by atoms with van der Waals surface area (Å²) in [6, 6.07) is -0.281. The molecular formula is C8H12ClN3O2S2. The molecule has 2 N–H and O–H groups in total. The standard InChI is InChI=1S/C8H12ClN3O2S2/c1-4(2)10-8-11-5-3-6(9)15-7(5)16(13,14)12-8/h3-5,7H,1-2H3,(H2,10,11,12). The second-order valence-corrected chi connectivity index (χ2v) is 7.79. The van der Waals surface area contributed by atoms with Gasteiger partial charge in [0.25, 0.3) is 0 Å². The van der Waals surface area contributed by atoms with E-state index in [0.29, 0.717) is 10.3 Å². The Labute approximate surface area is 104 Å². The lowest BCUT2D eigenvalue weighted by atomic mass is 10.3. The smallest absolute Gasteiger partial charge is 0.250 e. The van der Waals surface area contributed by atoms with E-state index in [1.807, 2.05) is 13.8 Å². The Balaban J connectivity index is 2.29. The second kappa shape index (κ2) is 4.12. The first-order valence-electron chi connectivity index (χ1n) is 4.78. The van der Waals surface area contributed by atoms with Crippen molar-refractivity contribution in [1.29, 1.82) is 0 Å². The molecule has 2 atom stereocenters. The van der Waals surface area contributed by atoms with Crippen LogP contribution in [0.5, 0.6) is 0 Å². The highest BCUT2D eigenvalue weighted by Crippen LogP contribution is 2.40. The molecule has 0 radical (unpaired) electrons. The summed E-state index contributed by atoms with van der Waals surface area (Å²) in [5.41, 5.74) is 0. The van der Waals surface area contributed by atoms with E-state index in [9.17, 15) is 8.42 Å². The minimum atomic E-state index is -3.40. The zero-order valence-corrected chi connectivity index (χ0v) is 11.2. The van der Waals surface area contributed by atoms with E-state index in [2.05, 4.69) is 15.0 Å². The van der Waals surface area contributed by atoms with Crippen LogP contribution in [-0.2, 0) is 10.0 Å². The lowest BCUT2D eigenvalue weighted by molar-refractivity contribution is 0.578. The first-order chi connectivity index (χ1) is 7.38. The van der Waals surface area contributed by atoms with Crippen LogP contribution in [0.4, 0.5) is 0 Å². The predicted octanol–water partition coefficient (Wildman–Crippen LogP) is 0.795. The summed E-state index contributed by atoms with van der Waals surface area (Å²) in [6.07, 6.45) is 1.66.